The monoisotopic (exact) mass is 286 g/mol. The van der Waals surface area contributed by atoms with E-state index in [1.165, 1.54) is 24.3 Å². The molecular weight excluding hydrogens is 281 g/mol. The molecule has 0 fully saturated rings. The van der Waals surface area contributed by atoms with Gasteiger partial charge in [0, 0.05) is 0 Å². The molecule has 2 nitrogen and oxygen atoms in total. The van der Waals surface area contributed by atoms with Gasteiger partial charge in [-0.15, -0.1) is 0 Å². The largest absolute Gasteiger partial charge is 0.460 e. The summed E-state index contributed by atoms with van der Waals surface area (Å²) in [6, 6.07) is -1.05. The number of nitrogens with zero attached hydrogens (tertiary/aromatic N) is 2. The molecule has 0 aromatic carbocycles. The van der Waals surface area contributed by atoms with E-state index in [0.717, 1.165) is 0 Å². The van der Waals surface area contributed by atoms with E-state index in [2.05, 4.69) is 9.98 Å². The first-order valence-corrected chi connectivity index (χ1v) is 4.91. The van der Waals surface area contributed by atoms with Crippen LogP contribution in [0.3, 0.4) is 0 Å². The Balaban J connectivity index is 2.40. The van der Waals surface area contributed by atoms with Gasteiger partial charge in [-0.2, -0.15) is 30.7 Å². The molecule has 2 rings (SSSR count). The number of aliphatic imine (C=N–C) groups is 2. The van der Waals surface area contributed by atoms with E-state index < -0.39 is 29.9 Å². The van der Waals surface area contributed by atoms with E-state index >= 15 is 0 Å². The molecule has 0 N–H and O–H groups in total. The lowest BCUT2D eigenvalue weighted by Gasteiger charge is -2.26. The van der Waals surface area contributed by atoms with Gasteiger partial charge in [0.05, 0.1) is 5.71 Å². The highest BCUT2D eigenvalue weighted by Gasteiger charge is 2.75. The summed E-state index contributed by atoms with van der Waals surface area (Å²) in [6.07, 6.45) is -1.14. The number of hydrogen-bond acceptors (Lipinski definition) is 2. The third-order valence-corrected chi connectivity index (χ3v) is 2.50. The molecule has 0 amide bonds. The third-order valence-electron chi connectivity index (χ3n) is 2.50. The smallest absolute Gasteiger partial charge is 0.251 e. The minimum Gasteiger partial charge on any atom is -0.251 e. The highest BCUT2D eigenvalue weighted by atomic mass is 19.4. The van der Waals surface area contributed by atoms with E-state index in [1.807, 2.05) is 0 Å². The van der Waals surface area contributed by atoms with Crippen molar-refractivity contribution in [1.82, 2.24) is 0 Å². The second-order valence-corrected chi connectivity index (χ2v) is 3.82. The molecular formula is C10H5F7N2. The Hall–Kier alpha value is -1.67. The van der Waals surface area contributed by atoms with Crippen LogP contribution in [0.25, 0.3) is 0 Å². The van der Waals surface area contributed by atoms with Crippen LogP contribution in [0.4, 0.5) is 30.7 Å². The van der Waals surface area contributed by atoms with Crippen molar-refractivity contribution >= 4 is 11.5 Å². The van der Waals surface area contributed by atoms with Gasteiger partial charge >= 0.3 is 18.0 Å². The van der Waals surface area contributed by atoms with Gasteiger partial charge < -0.3 is 0 Å². The van der Waals surface area contributed by atoms with Crippen LogP contribution < -0.4 is 0 Å². The maximum atomic E-state index is 13.3. The predicted octanol–water partition coefficient (Wildman–Crippen LogP) is 3.17. The van der Waals surface area contributed by atoms with Crippen molar-refractivity contribution in [1.29, 1.82) is 0 Å². The van der Waals surface area contributed by atoms with E-state index in [-0.39, 0.29) is 5.71 Å². The molecule has 1 aliphatic heterocycles. The molecule has 0 aromatic rings. The summed E-state index contributed by atoms with van der Waals surface area (Å²) in [5.41, 5.74) is -0.102. The zero-order valence-corrected chi connectivity index (χ0v) is 8.93. The van der Waals surface area contributed by atoms with E-state index in [4.69, 9.17) is 0 Å². The minimum absolute atomic E-state index is 0.102. The summed E-state index contributed by atoms with van der Waals surface area (Å²) >= 11 is 0. The average molecular weight is 286 g/mol. The molecule has 9 heteroatoms. The Bertz CT molecular complexity index is 510. The Morgan fingerprint density at radius 2 is 1.58 bits per heavy atom. The van der Waals surface area contributed by atoms with Crippen molar-refractivity contribution < 1.29 is 30.7 Å². The normalized spacial score (nSPS) is 23.2. The third kappa shape index (κ3) is 1.96. The lowest BCUT2D eigenvalue weighted by atomic mass is 10.1. The number of alkyl halides is 7. The standard InChI is InChI=1S/C10H5F7N2/c11-8(12,9(13,14)10(15,16)17)7-18-5-3-1-2-4-6(5)19-7/h1-5H. The summed E-state index contributed by atoms with van der Waals surface area (Å²) in [6.45, 7) is 0. The Morgan fingerprint density at radius 3 is 2.11 bits per heavy atom. The van der Waals surface area contributed by atoms with Gasteiger partial charge in [0.1, 0.15) is 6.04 Å². The summed E-state index contributed by atoms with van der Waals surface area (Å²) in [5, 5.41) is 0. The quantitative estimate of drug-likeness (QED) is 0.697. The number of fused-ring (bicyclic) bond motifs is 1. The van der Waals surface area contributed by atoms with Crippen LogP contribution in [0.15, 0.2) is 34.3 Å². The molecule has 0 saturated heterocycles. The van der Waals surface area contributed by atoms with E-state index in [1.54, 1.807) is 0 Å². The average Bonchev–Trinajstić information content (AvgIpc) is 2.71. The zero-order valence-electron chi connectivity index (χ0n) is 8.93. The predicted molar refractivity (Wildman–Crippen MR) is 52.9 cm³/mol. The molecule has 0 bridgehead atoms. The van der Waals surface area contributed by atoms with Crippen molar-refractivity contribution in [2.75, 3.05) is 0 Å². The fourth-order valence-electron chi connectivity index (χ4n) is 1.49. The molecule has 0 saturated carbocycles. The molecule has 0 spiro atoms. The first-order chi connectivity index (χ1) is 8.57. The minimum atomic E-state index is -6.39. The van der Waals surface area contributed by atoms with Gasteiger partial charge in [-0.1, -0.05) is 18.2 Å². The summed E-state index contributed by atoms with van der Waals surface area (Å²) < 4.78 is 88.1. The van der Waals surface area contributed by atoms with Gasteiger partial charge in [0.15, 0.2) is 0 Å². The Kier molecular flexibility index (Phi) is 2.83. The molecule has 1 atom stereocenters. The van der Waals surface area contributed by atoms with Gasteiger partial charge in [-0.05, 0) is 6.08 Å². The lowest BCUT2D eigenvalue weighted by molar-refractivity contribution is -0.336. The molecule has 2 aliphatic rings. The molecule has 0 aromatic heterocycles. The SMILES string of the molecule is FC(F)(F)C(F)(F)C(F)(F)C1=NC2C=CC=CC2=N1. The van der Waals surface area contributed by atoms with Crippen molar-refractivity contribution in [2.45, 2.75) is 24.1 Å². The molecule has 1 aliphatic carbocycles. The van der Waals surface area contributed by atoms with Crippen LogP contribution in [-0.4, -0.2) is 35.6 Å². The Morgan fingerprint density at radius 1 is 0.947 bits per heavy atom. The van der Waals surface area contributed by atoms with Crippen molar-refractivity contribution in [2.24, 2.45) is 9.98 Å². The number of rotatable bonds is 2. The topological polar surface area (TPSA) is 24.7 Å². The second kappa shape index (κ2) is 3.91. The fraction of sp³-hybridized carbons (Fsp3) is 0.400. The van der Waals surface area contributed by atoms with Crippen LogP contribution in [0.1, 0.15) is 0 Å². The maximum Gasteiger partial charge on any atom is 0.460 e. The zero-order chi connectivity index (χ0) is 14.5. The van der Waals surface area contributed by atoms with Gasteiger partial charge in [-0.3, -0.25) is 4.99 Å². The number of allylic oxidation sites excluding steroid dienone is 2. The fourth-order valence-corrected chi connectivity index (χ4v) is 1.49. The summed E-state index contributed by atoms with van der Waals surface area (Å²) in [4.78, 5) is 6.17. The first kappa shape index (κ1) is 13.8. The lowest BCUT2D eigenvalue weighted by Crippen LogP contribution is -2.55. The van der Waals surface area contributed by atoms with Gasteiger partial charge in [-0.25, -0.2) is 4.99 Å². The second-order valence-electron chi connectivity index (χ2n) is 3.82. The number of halogens is 7. The van der Waals surface area contributed by atoms with Crippen LogP contribution in [0, 0.1) is 0 Å². The van der Waals surface area contributed by atoms with Crippen LogP contribution in [0.2, 0.25) is 0 Å². The molecule has 104 valence electrons. The van der Waals surface area contributed by atoms with Gasteiger partial charge in [0.2, 0.25) is 5.84 Å². The molecule has 0 radical (unpaired) electrons. The highest BCUT2D eigenvalue weighted by Crippen LogP contribution is 2.48. The van der Waals surface area contributed by atoms with Crippen molar-refractivity contribution in [3.05, 3.63) is 24.3 Å². The van der Waals surface area contributed by atoms with Crippen LogP contribution >= 0.6 is 0 Å². The maximum absolute atomic E-state index is 13.3. The van der Waals surface area contributed by atoms with Crippen LogP contribution in [0.5, 0.6) is 0 Å². The molecule has 19 heavy (non-hydrogen) atoms. The molecule has 1 heterocycles. The first-order valence-electron chi connectivity index (χ1n) is 4.91. The van der Waals surface area contributed by atoms with E-state index in [0.29, 0.717) is 0 Å². The molecule has 1 unspecified atom stereocenters. The summed E-state index contributed by atoms with van der Waals surface area (Å²) in [5.74, 6) is -13.6. The van der Waals surface area contributed by atoms with Gasteiger partial charge in [0.25, 0.3) is 0 Å². The number of amidine groups is 1. The Labute approximate surface area is 102 Å². The highest BCUT2D eigenvalue weighted by molar-refractivity contribution is 6.14. The van der Waals surface area contributed by atoms with Crippen molar-refractivity contribution in [3.8, 4) is 0 Å². The van der Waals surface area contributed by atoms with Crippen molar-refractivity contribution in [3.63, 3.8) is 0 Å². The van der Waals surface area contributed by atoms with Crippen LogP contribution in [-0.2, 0) is 0 Å². The summed E-state index contributed by atoms with van der Waals surface area (Å²) in [7, 11) is 0. The van der Waals surface area contributed by atoms with E-state index in [9.17, 15) is 30.7 Å². The number of hydrogen-bond donors (Lipinski definition) is 0.